The van der Waals surface area contributed by atoms with Crippen LogP contribution < -0.4 is 27.6 Å². The van der Waals surface area contributed by atoms with Gasteiger partial charge in [0.15, 0.2) is 0 Å². The number of hydrogen-bond acceptors (Lipinski definition) is 7. The number of nitrogens with zero attached hydrogens (tertiary/aromatic N) is 1. The Hall–Kier alpha value is -2.16. The van der Waals surface area contributed by atoms with Gasteiger partial charge in [-0.1, -0.05) is 18.2 Å². The first-order valence-electron chi connectivity index (χ1n) is 7.71. The van der Waals surface area contributed by atoms with Gasteiger partial charge in [-0.15, -0.1) is 0 Å². The van der Waals surface area contributed by atoms with E-state index in [2.05, 4.69) is 33.3 Å². The summed E-state index contributed by atoms with van der Waals surface area (Å²) in [5.74, 6) is -1.61. The molecule has 1 heterocycles. The first-order chi connectivity index (χ1) is 11.0. The fourth-order valence-electron chi connectivity index (χ4n) is 3.12. The standard InChI is InChI=1S/C15H22N6O2/c16-14-19-15(17,21-20-14)11-4-1-9-2-5-12(18-8-13(22)23)6-3-10(9)7-11/h1,4,7,12,18,21H,2-3,5-6,8,17H2,(H,22,23)(H3,16,19,20). The molecule has 0 saturated heterocycles. The molecular formula is C15H22N6O2. The van der Waals surface area contributed by atoms with Crippen LogP contribution in [-0.2, 0) is 23.4 Å². The van der Waals surface area contributed by atoms with Crippen LogP contribution in [0.1, 0.15) is 29.5 Å². The monoisotopic (exact) mass is 318 g/mol. The van der Waals surface area contributed by atoms with Crippen LogP contribution in [-0.4, -0.2) is 29.6 Å². The maximum Gasteiger partial charge on any atom is 0.317 e. The van der Waals surface area contributed by atoms with E-state index in [9.17, 15) is 4.79 Å². The average Bonchev–Trinajstić information content (AvgIpc) is 2.75. The lowest BCUT2D eigenvalue weighted by molar-refractivity contribution is -0.136. The van der Waals surface area contributed by atoms with Gasteiger partial charge in [0.05, 0.1) is 6.54 Å². The average molecular weight is 318 g/mol. The first kappa shape index (κ1) is 15.7. The van der Waals surface area contributed by atoms with Crippen molar-refractivity contribution in [1.82, 2.24) is 16.2 Å². The van der Waals surface area contributed by atoms with Crippen LogP contribution >= 0.6 is 0 Å². The van der Waals surface area contributed by atoms with Crippen molar-refractivity contribution in [3.63, 3.8) is 0 Å². The third-order valence-electron chi connectivity index (χ3n) is 4.39. The second-order valence-electron chi connectivity index (χ2n) is 6.05. The van der Waals surface area contributed by atoms with E-state index in [1.54, 1.807) is 0 Å². The fourth-order valence-corrected chi connectivity index (χ4v) is 3.12. The number of carbonyl (C=O) groups is 1. The third kappa shape index (κ3) is 3.44. The number of guanidine groups is 1. The van der Waals surface area contributed by atoms with E-state index in [1.807, 2.05) is 6.07 Å². The Morgan fingerprint density at radius 3 is 2.78 bits per heavy atom. The molecule has 1 aliphatic heterocycles. The number of aryl methyl sites for hydroxylation is 2. The molecule has 2 aliphatic rings. The van der Waals surface area contributed by atoms with E-state index < -0.39 is 11.8 Å². The van der Waals surface area contributed by atoms with Gasteiger partial charge in [0.2, 0.25) is 11.7 Å². The van der Waals surface area contributed by atoms with Gasteiger partial charge in [0.1, 0.15) is 0 Å². The largest absolute Gasteiger partial charge is 0.480 e. The number of carboxylic acids is 1. The molecule has 0 spiro atoms. The van der Waals surface area contributed by atoms with Gasteiger partial charge in [0, 0.05) is 11.6 Å². The summed E-state index contributed by atoms with van der Waals surface area (Å²) in [7, 11) is 0. The zero-order chi connectivity index (χ0) is 16.4. The molecule has 1 aliphatic carbocycles. The fraction of sp³-hybridized carbons (Fsp3) is 0.467. The predicted octanol–water partition coefficient (Wildman–Crippen LogP) is -0.900. The molecule has 2 atom stereocenters. The van der Waals surface area contributed by atoms with Crippen molar-refractivity contribution in [3.05, 3.63) is 34.9 Å². The van der Waals surface area contributed by atoms with E-state index in [-0.39, 0.29) is 18.5 Å². The minimum atomic E-state index is -1.05. The van der Waals surface area contributed by atoms with Gasteiger partial charge in [-0.3, -0.25) is 16.0 Å². The SMILES string of the molecule is NC1=NC(N)(c2ccc3c(c2)CCC(NCC(=O)O)CC3)NN1. The van der Waals surface area contributed by atoms with Crippen LogP contribution in [0.15, 0.2) is 23.2 Å². The molecule has 0 bridgehead atoms. The van der Waals surface area contributed by atoms with E-state index in [4.69, 9.17) is 16.6 Å². The van der Waals surface area contributed by atoms with Crippen LogP contribution in [0.2, 0.25) is 0 Å². The van der Waals surface area contributed by atoms with Crippen LogP contribution in [0, 0.1) is 0 Å². The number of carboxylic acid groups (broad SMARTS) is 1. The van der Waals surface area contributed by atoms with Crippen LogP contribution in [0.5, 0.6) is 0 Å². The number of hydrazine groups is 1. The summed E-state index contributed by atoms with van der Waals surface area (Å²) >= 11 is 0. The van der Waals surface area contributed by atoms with Gasteiger partial charge < -0.3 is 16.2 Å². The molecule has 2 unspecified atom stereocenters. The second-order valence-corrected chi connectivity index (χ2v) is 6.05. The second kappa shape index (κ2) is 6.15. The molecule has 8 nitrogen and oxygen atoms in total. The topological polar surface area (TPSA) is 138 Å². The highest BCUT2D eigenvalue weighted by molar-refractivity contribution is 5.79. The Morgan fingerprint density at radius 1 is 1.39 bits per heavy atom. The molecule has 0 amide bonds. The summed E-state index contributed by atoms with van der Waals surface area (Å²) in [6, 6.07) is 6.31. The van der Waals surface area contributed by atoms with E-state index in [0.29, 0.717) is 0 Å². The maximum absolute atomic E-state index is 10.7. The highest BCUT2D eigenvalue weighted by Gasteiger charge is 2.32. The number of fused-ring (bicyclic) bond motifs is 1. The van der Waals surface area contributed by atoms with Crippen molar-refractivity contribution >= 4 is 11.9 Å². The highest BCUT2D eigenvalue weighted by Crippen LogP contribution is 2.26. The molecule has 8 N–H and O–H groups in total. The first-order valence-corrected chi connectivity index (χ1v) is 7.71. The molecular weight excluding hydrogens is 296 g/mol. The maximum atomic E-state index is 10.7. The summed E-state index contributed by atoms with van der Waals surface area (Å²) in [6.07, 6.45) is 3.63. The lowest BCUT2D eigenvalue weighted by Crippen LogP contribution is -2.50. The van der Waals surface area contributed by atoms with Crippen molar-refractivity contribution in [2.45, 2.75) is 37.5 Å². The van der Waals surface area contributed by atoms with E-state index in [0.717, 1.165) is 31.2 Å². The van der Waals surface area contributed by atoms with Gasteiger partial charge >= 0.3 is 5.97 Å². The van der Waals surface area contributed by atoms with Crippen molar-refractivity contribution in [2.24, 2.45) is 16.5 Å². The Bertz CT molecular complexity index is 647. The number of rotatable bonds is 4. The van der Waals surface area contributed by atoms with Gasteiger partial charge in [-0.2, -0.15) is 5.43 Å². The molecule has 1 aromatic rings. The minimum absolute atomic E-state index is 0.00174. The quantitative estimate of drug-likeness (QED) is 0.396. The third-order valence-corrected chi connectivity index (χ3v) is 4.39. The summed E-state index contributed by atoms with van der Waals surface area (Å²) < 4.78 is 0. The molecule has 1 aromatic carbocycles. The van der Waals surface area contributed by atoms with Crippen molar-refractivity contribution in [1.29, 1.82) is 0 Å². The molecule has 124 valence electrons. The van der Waals surface area contributed by atoms with Crippen molar-refractivity contribution < 1.29 is 9.90 Å². The Labute approximate surface area is 134 Å². The number of aliphatic imine (C=N–C) groups is 1. The predicted molar refractivity (Wildman–Crippen MR) is 86.3 cm³/mol. The molecule has 8 heteroatoms. The summed E-state index contributed by atoms with van der Waals surface area (Å²) in [6.45, 7) is 0.00174. The lowest BCUT2D eigenvalue weighted by atomic mass is 9.97. The van der Waals surface area contributed by atoms with Crippen LogP contribution in [0.25, 0.3) is 0 Å². The van der Waals surface area contributed by atoms with E-state index >= 15 is 0 Å². The zero-order valence-corrected chi connectivity index (χ0v) is 12.8. The molecule has 0 saturated carbocycles. The summed E-state index contributed by atoms with van der Waals surface area (Å²) in [4.78, 5) is 14.9. The Balaban J connectivity index is 1.74. The number of nitrogens with one attached hydrogen (secondary N) is 3. The van der Waals surface area contributed by atoms with Crippen molar-refractivity contribution in [2.75, 3.05) is 6.54 Å². The van der Waals surface area contributed by atoms with Crippen molar-refractivity contribution in [3.8, 4) is 0 Å². The molecule has 0 radical (unpaired) electrons. The Morgan fingerprint density at radius 2 is 2.13 bits per heavy atom. The lowest BCUT2D eigenvalue weighted by Gasteiger charge is -2.22. The zero-order valence-electron chi connectivity index (χ0n) is 12.8. The van der Waals surface area contributed by atoms with Crippen LogP contribution in [0.4, 0.5) is 0 Å². The Kier molecular flexibility index (Phi) is 4.20. The van der Waals surface area contributed by atoms with Gasteiger partial charge in [0.25, 0.3) is 0 Å². The van der Waals surface area contributed by atoms with Crippen LogP contribution in [0.3, 0.4) is 0 Å². The smallest absolute Gasteiger partial charge is 0.317 e. The minimum Gasteiger partial charge on any atom is -0.480 e. The number of aliphatic carboxylic acids is 1. The molecule has 3 rings (SSSR count). The van der Waals surface area contributed by atoms with E-state index in [1.165, 1.54) is 11.1 Å². The molecule has 0 fully saturated rings. The normalized spacial score (nSPS) is 26.8. The molecule has 23 heavy (non-hydrogen) atoms. The van der Waals surface area contributed by atoms with Gasteiger partial charge in [-0.25, -0.2) is 4.99 Å². The summed E-state index contributed by atoms with van der Waals surface area (Å²) in [5.41, 5.74) is 20.8. The highest BCUT2D eigenvalue weighted by atomic mass is 16.4. The number of hydrogen-bond donors (Lipinski definition) is 6. The number of nitrogens with two attached hydrogens (primary N) is 2. The number of benzene rings is 1. The summed E-state index contributed by atoms with van der Waals surface area (Å²) in [5, 5.41) is 11.9. The molecule has 0 aromatic heterocycles. The van der Waals surface area contributed by atoms with Gasteiger partial charge in [-0.05, 0) is 36.8 Å².